The van der Waals surface area contributed by atoms with Crippen LogP contribution in [-0.2, 0) is 16.7 Å². The van der Waals surface area contributed by atoms with Gasteiger partial charge in [-0.15, -0.1) is 0 Å². The predicted octanol–water partition coefficient (Wildman–Crippen LogP) is 1.96. The fourth-order valence-electron chi connectivity index (χ4n) is 1.28. The third-order valence-corrected chi connectivity index (χ3v) is 3.38. The van der Waals surface area contributed by atoms with Gasteiger partial charge in [0.05, 0.1) is 5.75 Å². The molecule has 0 saturated heterocycles. The number of halogens is 2. The van der Waals surface area contributed by atoms with Gasteiger partial charge in [0.15, 0.2) is 0 Å². The van der Waals surface area contributed by atoms with Crippen LogP contribution in [0.3, 0.4) is 0 Å². The van der Waals surface area contributed by atoms with E-state index in [-0.39, 0.29) is 18.0 Å². The summed E-state index contributed by atoms with van der Waals surface area (Å²) in [6.45, 7) is 0.711. The van der Waals surface area contributed by atoms with Crippen molar-refractivity contribution in [3.05, 3.63) is 34.1 Å². The molecule has 0 fully saturated rings. The molecule has 1 aromatic rings. The molecule has 0 atom stereocenters. The van der Waals surface area contributed by atoms with Gasteiger partial charge in [-0.2, -0.15) is 8.42 Å². The molecule has 0 aliphatic heterocycles. The van der Waals surface area contributed by atoms with Crippen LogP contribution in [-0.4, -0.2) is 25.3 Å². The molecular formula is C10H13BrFNO3S. The molecule has 0 saturated carbocycles. The lowest BCUT2D eigenvalue weighted by Crippen LogP contribution is -2.18. The minimum absolute atomic E-state index is 0.286. The minimum atomic E-state index is -3.91. The van der Waals surface area contributed by atoms with Crippen molar-refractivity contribution in [2.24, 2.45) is 0 Å². The molecule has 1 rings (SSSR count). The lowest BCUT2D eigenvalue weighted by Gasteiger charge is -2.06. The molecule has 0 unspecified atom stereocenters. The molecule has 7 heteroatoms. The lowest BCUT2D eigenvalue weighted by molar-refractivity contribution is 0.479. The summed E-state index contributed by atoms with van der Waals surface area (Å²) in [5, 5.41) is 2.91. The van der Waals surface area contributed by atoms with Crippen LogP contribution in [0.15, 0.2) is 22.7 Å². The highest BCUT2D eigenvalue weighted by atomic mass is 79.9. The van der Waals surface area contributed by atoms with Crippen LogP contribution in [0.4, 0.5) is 4.39 Å². The van der Waals surface area contributed by atoms with E-state index >= 15 is 0 Å². The first kappa shape index (κ1) is 14.6. The lowest BCUT2D eigenvalue weighted by atomic mass is 10.2. The molecular weight excluding hydrogens is 313 g/mol. The van der Waals surface area contributed by atoms with Gasteiger partial charge in [0, 0.05) is 16.6 Å². The van der Waals surface area contributed by atoms with E-state index in [9.17, 15) is 12.8 Å². The quantitative estimate of drug-likeness (QED) is 0.619. The van der Waals surface area contributed by atoms with Gasteiger partial charge in [-0.25, -0.2) is 4.39 Å². The Labute approximate surface area is 108 Å². The van der Waals surface area contributed by atoms with Gasteiger partial charge in [0.25, 0.3) is 10.1 Å². The maximum atomic E-state index is 13.3. The predicted molar refractivity (Wildman–Crippen MR) is 66.8 cm³/mol. The van der Waals surface area contributed by atoms with Crippen molar-refractivity contribution in [3.8, 4) is 0 Å². The molecule has 0 bridgehead atoms. The molecule has 0 radical (unpaired) electrons. The van der Waals surface area contributed by atoms with Crippen LogP contribution in [0.25, 0.3) is 0 Å². The molecule has 17 heavy (non-hydrogen) atoms. The van der Waals surface area contributed by atoms with E-state index < -0.39 is 10.1 Å². The van der Waals surface area contributed by atoms with Crippen LogP contribution < -0.4 is 5.32 Å². The van der Waals surface area contributed by atoms with Crippen molar-refractivity contribution in [2.75, 3.05) is 12.3 Å². The van der Waals surface area contributed by atoms with Gasteiger partial charge >= 0.3 is 0 Å². The SMILES string of the molecule is O=S(=O)(O)CCCNCc1cc(Br)ccc1F. The summed E-state index contributed by atoms with van der Waals surface area (Å²) in [5.74, 6) is -0.600. The third kappa shape index (κ3) is 6.11. The summed E-state index contributed by atoms with van der Waals surface area (Å²) in [7, 11) is -3.91. The first-order chi connectivity index (χ1) is 7.88. The second-order valence-electron chi connectivity index (χ2n) is 3.55. The second kappa shape index (κ2) is 6.44. The van der Waals surface area contributed by atoms with Gasteiger partial charge in [-0.3, -0.25) is 4.55 Å². The summed E-state index contributed by atoms with van der Waals surface area (Å²) in [5.41, 5.74) is 0.506. The Kier molecular flexibility index (Phi) is 5.51. The zero-order valence-corrected chi connectivity index (χ0v) is 11.4. The molecule has 0 heterocycles. The molecule has 0 spiro atoms. The van der Waals surface area contributed by atoms with Crippen LogP contribution in [0.1, 0.15) is 12.0 Å². The summed E-state index contributed by atoms with van der Waals surface area (Å²) < 4.78 is 43.4. The Morgan fingerprint density at radius 1 is 1.41 bits per heavy atom. The number of nitrogens with one attached hydrogen (secondary N) is 1. The number of hydrogen-bond acceptors (Lipinski definition) is 3. The largest absolute Gasteiger partial charge is 0.313 e. The van der Waals surface area contributed by atoms with E-state index in [2.05, 4.69) is 21.2 Å². The number of hydrogen-bond donors (Lipinski definition) is 2. The molecule has 0 aromatic heterocycles. The monoisotopic (exact) mass is 325 g/mol. The average molecular weight is 326 g/mol. The fourth-order valence-corrected chi connectivity index (χ4v) is 2.20. The highest BCUT2D eigenvalue weighted by Gasteiger charge is 2.04. The molecule has 0 aliphatic rings. The van der Waals surface area contributed by atoms with Crippen molar-refractivity contribution in [1.29, 1.82) is 0 Å². The molecule has 1 aromatic carbocycles. The molecule has 96 valence electrons. The first-order valence-corrected chi connectivity index (χ1v) is 7.38. The van der Waals surface area contributed by atoms with Crippen LogP contribution in [0, 0.1) is 5.82 Å². The molecule has 0 amide bonds. The maximum Gasteiger partial charge on any atom is 0.264 e. The standard InChI is InChI=1S/C10H13BrFNO3S/c11-9-2-3-10(12)8(6-9)7-13-4-1-5-17(14,15)16/h2-3,6,13H,1,4-5,7H2,(H,14,15,16). The number of benzene rings is 1. The van der Waals surface area contributed by atoms with Crippen LogP contribution in [0.2, 0.25) is 0 Å². The van der Waals surface area contributed by atoms with E-state index in [4.69, 9.17) is 4.55 Å². The van der Waals surface area contributed by atoms with Gasteiger partial charge in [0.1, 0.15) is 5.82 Å². The number of rotatable bonds is 6. The minimum Gasteiger partial charge on any atom is -0.313 e. The van der Waals surface area contributed by atoms with E-state index in [0.29, 0.717) is 18.7 Å². The highest BCUT2D eigenvalue weighted by Crippen LogP contribution is 2.15. The average Bonchev–Trinajstić information content (AvgIpc) is 2.21. The third-order valence-electron chi connectivity index (χ3n) is 2.08. The van der Waals surface area contributed by atoms with Crippen LogP contribution >= 0.6 is 15.9 Å². The van der Waals surface area contributed by atoms with Crippen molar-refractivity contribution < 1.29 is 17.4 Å². The molecule has 4 nitrogen and oxygen atoms in total. The van der Waals surface area contributed by atoms with Gasteiger partial charge < -0.3 is 5.32 Å². The fraction of sp³-hybridized carbons (Fsp3) is 0.400. The van der Waals surface area contributed by atoms with Crippen molar-refractivity contribution in [2.45, 2.75) is 13.0 Å². The van der Waals surface area contributed by atoms with Crippen molar-refractivity contribution in [1.82, 2.24) is 5.32 Å². The van der Waals surface area contributed by atoms with Gasteiger partial charge in [-0.05, 0) is 31.2 Å². The summed E-state index contributed by atoms with van der Waals surface area (Å²) in [6.07, 6.45) is 0.286. The summed E-state index contributed by atoms with van der Waals surface area (Å²) in [4.78, 5) is 0. The van der Waals surface area contributed by atoms with E-state index in [1.165, 1.54) is 6.07 Å². The Hall–Kier alpha value is -0.500. The van der Waals surface area contributed by atoms with Gasteiger partial charge in [0.2, 0.25) is 0 Å². The Balaban J connectivity index is 2.34. The Morgan fingerprint density at radius 2 is 2.12 bits per heavy atom. The normalized spacial score (nSPS) is 11.7. The van der Waals surface area contributed by atoms with Crippen LogP contribution in [0.5, 0.6) is 0 Å². The van der Waals surface area contributed by atoms with E-state index in [1.807, 2.05) is 0 Å². The Bertz CT molecular complexity index is 478. The smallest absolute Gasteiger partial charge is 0.264 e. The van der Waals surface area contributed by atoms with Crippen molar-refractivity contribution in [3.63, 3.8) is 0 Å². The maximum absolute atomic E-state index is 13.3. The summed E-state index contributed by atoms with van der Waals surface area (Å²) in [6, 6.07) is 4.63. The summed E-state index contributed by atoms with van der Waals surface area (Å²) >= 11 is 3.24. The Morgan fingerprint density at radius 3 is 2.76 bits per heavy atom. The zero-order chi connectivity index (χ0) is 12.9. The van der Waals surface area contributed by atoms with Crippen molar-refractivity contribution >= 4 is 26.0 Å². The first-order valence-electron chi connectivity index (χ1n) is 4.98. The molecule has 0 aliphatic carbocycles. The van der Waals surface area contributed by atoms with E-state index in [0.717, 1.165) is 4.47 Å². The second-order valence-corrected chi connectivity index (χ2v) is 6.04. The zero-order valence-electron chi connectivity index (χ0n) is 8.99. The molecule has 2 N–H and O–H groups in total. The van der Waals surface area contributed by atoms with E-state index in [1.54, 1.807) is 12.1 Å². The highest BCUT2D eigenvalue weighted by molar-refractivity contribution is 9.10. The van der Waals surface area contributed by atoms with Gasteiger partial charge in [-0.1, -0.05) is 15.9 Å². The topological polar surface area (TPSA) is 66.4 Å².